The zero-order valence-corrected chi connectivity index (χ0v) is 20.2. The van der Waals surface area contributed by atoms with Gasteiger partial charge in [0.05, 0.1) is 16.6 Å². The Labute approximate surface area is 217 Å². The lowest BCUT2D eigenvalue weighted by atomic mass is 10.2. The van der Waals surface area contributed by atoms with E-state index in [1.165, 1.54) is 0 Å². The number of nitrogens with zero attached hydrogens (tertiary/aromatic N) is 6. The molecule has 4 heterocycles. The van der Waals surface area contributed by atoms with E-state index >= 15 is 0 Å². The topological polar surface area (TPSA) is 60.9 Å². The molecule has 0 saturated carbocycles. The zero-order valence-electron chi connectivity index (χ0n) is 20.2. The first kappa shape index (κ1) is 20.8. The number of pyridine rings is 1. The highest BCUT2D eigenvalue weighted by Crippen LogP contribution is 2.34. The van der Waals surface area contributed by atoms with Crippen LogP contribution in [0.25, 0.3) is 67.3 Å². The van der Waals surface area contributed by atoms with Gasteiger partial charge in [0.25, 0.3) is 0 Å². The van der Waals surface area contributed by atoms with E-state index in [0.29, 0.717) is 17.6 Å². The molecular formula is C32H20N6. The maximum atomic E-state index is 5.05. The summed E-state index contributed by atoms with van der Waals surface area (Å²) in [7, 11) is 0. The summed E-state index contributed by atoms with van der Waals surface area (Å²) in [6, 6.07) is 41.0. The molecular weight excluding hydrogens is 468 g/mol. The van der Waals surface area contributed by atoms with Crippen LogP contribution in [0.15, 0.2) is 121 Å². The smallest absolute Gasteiger partial charge is 0.239 e. The van der Waals surface area contributed by atoms with Gasteiger partial charge in [0.2, 0.25) is 5.95 Å². The van der Waals surface area contributed by atoms with E-state index < -0.39 is 0 Å². The van der Waals surface area contributed by atoms with Crippen LogP contribution >= 0.6 is 0 Å². The highest BCUT2D eigenvalue weighted by Gasteiger charge is 2.20. The van der Waals surface area contributed by atoms with Gasteiger partial charge < -0.3 is 0 Å². The molecule has 8 rings (SSSR count). The van der Waals surface area contributed by atoms with Crippen molar-refractivity contribution in [1.82, 2.24) is 28.9 Å². The van der Waals surface area contributed by atoms with E-state index in [9.17, 15) is 0 Å². The van der Waals surface area contributed by atoms with Crippen molar-refractivity contribution in [1.29, 1.82) is 0 Å². The summed E-state index contributed by atoms with van der Waals surface area (Å²) in [6.07, 6.45) is 0. The summed E-state index contributed by atoms with van der Waals surface area (Å²) in [6.45, 7) is 0. The first-order chi connectivity index (χ1) is 18.8. The largest absolute Gasteiger partial charge is 0.277 e. The van der Waals surface area contributed by atoms with E-state index in [4.69, 9.17) is 19.9 Å². The lowest BCUT2D eigenvalue weighted by molar-refractivity contribution is 0.940. The second-order valence-corrected chi connectivity index (χ2v) is 9.23. The van der Waals surface area contributed by atoms with Gasteiger partial charge in [0.1, 0.15) is 11.3 Å². The minimum absolute atomic E-state index is 0.564. The van der Waals surface area contributed by atoms with Crippen molar-refractivity contribution < 1.29 is 0 Å². The molecule has 6 heteroatoms. The normalized spacial score (nSPS) is 11.7. The molecule has 0 N–H and O–H groups in total. The zero-order chi connectivity index (χ0) is 25.1. The molecule has 0 unspecified atom stereocenters. The first-order valence-corrected chi connectivity index (χ1v) is 12.5. The average Bonchev–Trinajstić information content (AvgIpc) is 3.53. The second-order valence-electron chi connectivity index (χ2n) is 9.23. The van der Waals surface area contributed by atoms with Crippen LogP contribution in [0.1, 0.15) is 0 Å². The van der Waals surface area contributed by atoms with Gasteiger partial charge in [-0.25, -0.2) is 9.97 Å². The van der Waals surface area contributed by atoms with Gasteiger partial charge in [-0.05, 0) is 30.3 Å². The third kappa shape index (κ3) is 3.07. The fourth-order valence-electron chi connectivity index (χ4n) is 5.27. The Morgan fingerprint density at radius 2 is 1.05 bits per heavy atom. The van der Waals surface area contributed by atoms with Crippen LogP contribution in [0.3, 0.4) is 0 Å². The number of benzene rings is 4. The number of rotatable bonds is 3. The summed E-state index contributed by atoms with van der Waals surface area (Å²) in [4.78, 5) is 19.9. The Bertz CT molecular complexity index is 2070. The highest BCUT2D eigenvalue weighted by molar-refractivity contribution is 6.09. The lowest BCUT2D eigenvalue weighted by Gasteiger charge is -2.11. The molecule has 6 nitrogen and oxygen atoms in total. The van der Waals surface area contributed by atoms with Gasteiger partial charge in [0.15, 0.2) is 11.6 Å². The molecule has 0 spiro atoms. The predicted molar refractivity (Wildman–Crippen MR) is 151 cm³/mol. The molecule has 8 aromatic rings. The summed E-state index contributed by atoms with van der Waals surface area (Å²) in [5.74, 6) is 1.82. The van der Waals surface area contributed by atoms with Crippen LogP contribution in [0, 0.1) is 0 Å². The third-order valence-corrected chi connectivity index (χ3v) is 6.97. The van der Waals surface area contributed by atoms with E-state index in [1.807, 2.05) is 78.9 Å². The van der Waals surface area contributed by atoms with Gasteiger partial charge in [0, 0.05) is 21.9 Å². The van der Waals surface area contributed by atoms with Crippen LogP contribution < -0.4 is 0 Å². The van der Waals surface area contributed by atoms with Crippen LogP contribution in [0.2, 0.25) is 0 Å². The van der Waals surface area contributed by atoms with E-state index in [1.54, 1.807) is 0 Å². The number of hydrogen-bond donors (Lipinski definition) is 0. The Hall–Kier alpha value is -5.36. The van der Waals surface area contributed by atoms with Gasteiger partial charge in [-0.2, -0.15) is 9.97 Å². The summed E-state index contributed by atoms with van der Waals surface area (Å²) >= 11 is 0. The van der Waals surface area contributed by atoms with Crippen molar-refractivity contribution in [2.75, 3.05) is 0 Å². The van der Waals surface area contributed by atoms with Crippen molar-refractivity contribution in [3.8, 4) is 28.7 Å². The highest BCUT2D eigenvalue weighted by atomic mass is 15.2. The predicted octanol–water partition coefficient (Wildman–Crippen LogP) is 7.10. The molecule has 178 valence electrons. The Balaban J connectivity index is 1.54. The molecule has 4 aromatic heterocycles. The third-order valence-electron chi connectivity index (χ3n) is 6.97. The van der Waals surface area contributed by atoms with Crippen molar-refractivity contribution in [2.45, 2.75) is 0 Å². The molecule has 38 heavy (non-hydrogen) atoms. The standard InChI is InChI=1S/C32H20N6/c1-3-11-21(12-4-1)29-34-30(22-13-5-2-6-14-22)36-32(35-29)38-26-17-9-7-15-23(26)24-19-20-28-33-25-16-8-10-18-27(25)37(28)31(24)38/h1-20H. The van der Waals surface area contributed by atoms with Crippen molar-refractivity contribution in [3.05, 3.63) is 121 Å². The quantitative estimate of drug-likeness (QED) is 0.266. The number of fused-ring (bicyclic) bond motifs is 7. The van der Waals surface area contributed by atoms with Crippen molar-refractivity contribution in [2.24, 2.45) is 0 Å². The van der Waals surface area contributed by atoms with Crippen LogP contribution in [0.4, 0.5) is 0 Å². The molecule has 0 radical (unpaired) electrons. The minimum Gasteiger partial charge on any atom is -0.277 e. The molecule has 0 aliphatic carbocycles. The van der Waals surface area contributed by atoms with Crippen LogP contribution in [0.5, 0.6) is 0 Å². The SMILES string of the molecule is c1ccc(-c2nc(-c3ccccc3)nc(-n3c4ccccc4c4ccc5nc6ccccc6n5c43)n2)cc1. The molecule has 0 amide bonds. The van der Waals surface area contributed by atoms with Crippen molar-refractivity contribution in [3.63, 3.8) is 0 Å². The molecule has 0 fully saturated rings. The number of aromatic nitrogens is 6. The Morgan fingerprint density at radius 3 is 1.76 bits per heavy atom. The van der Waals surface area contributed by atoms with Gasteiger partial charge in [-0.3, -0.25) is 8.97 Å². The summed E-state index contributed by atoms with van der Waals surface area (Å²) < 4.78 is 4.35. The monoisotopic (exact) mass is 488 g/mol. The number of imidazole rings is 1. The number of hydrogen-bond acceptors (Lipinski definition) is 4. The molecule has 0 atom stereocenters. The molecule has 4 aromatic carbocycles. The van der Waals surface area contributed by atoms with Crippen LogP contribution in [-0.2, 0) is 0 Å². The molecule has 0 aliphatic rings. The van der Waals surface area contributed by atoms with E-state index in [-0.39, 0.29) is 0 Å². The second kappa shape index (κ2) is 8.08. The Morgan fingerprint density at radius 1 is 0.447 bits per heavy atom. The maximum Gasteiger partial charge on any atom is 0.239 e. The Kier molecular flexibility index (Phi) is 4.42. The van der Waals surface area contributed by atoms with Gasteiger partial charge in [-0.15, -0.1) is 0 Å². The van der Waals surface area contributed by atoms with Crippen molar-refractivity contribution >= 4 is 38.6 Å². The summed E-state index contributed by atoms with van der Waals surface area (Å²) in [5.41, 5.74) is 6.74. The average molecular weight is 489 g/mol. The van der Waals surface area contributed by atoms with E-state index in [2.05, 4.69) is 51.4 Å². The minimum atomic E-state index is 0.564. The maximum absolute atomic E-state index is 5.05. The molecule has 0 aliphatic heterocycles. The van der Waals surface area contributed by atoms with E-state index in [0.717, 1.165) is 49.7 Å². The first-order valence-electron chi connectivity index (χ1n) is 12.5. The fraction of sp³-hybridized carbons (Fsp3) is 0. The fourth-order valence-corrected chi connectivity index (χ4v) is 5.27. The van der Waals surface area contributed by atoms with Gasteiger partial charge in [-0.1, -0.05) is 91.0 Å². The lowest BCUT2D eigenvalue weighted by Crippen LogP contribution is -2.08. The summed E-state index contributed by atoms with van der Waals surface area (Å²) in [5, 5.41) is 2.24. The van der Waals surface area contributed by atoms with Gasteiger partial charge >= 0.3 is 0 Å². The number of para-hydroxylation sites is 3. The molecule has 0 saturated heterocycles. The van der Waals surface area contributed by atoms with Crippen LogP contribution in [-0.4, -0.2) is 28.9 Å². The molecule has 0 bridgehead atoms.